The van der Waals surface area contributed by atoms with Crippen molar-refractivity contribution in [3.05, 3.63) is 0 Å². The van der Waals surface area contributed by atoms with E-state index in [1.807, 2.05) is 13.8 Å². The molecule has 0 aromatic rings. The van der Waals surface area contributed by atoms with E-state index in [9.17, 15) is 4.79 Å². The van der Waals surface area contributed by atoms with Gasteiger partial charge in [0, 0.05) is 32.0 Å². The van der Waals surface area contributed by atoms with Crippen LogP contribution in [0.3, 0.4) is 0 Å². The second-order valence-electron chi connectivity index (χ2n) is 3.75. The van der Waals surface area contributed by atoms with Gasteiger partial charge >= 0.3 is 0 Å². The molecule has 6 nitrogen and oxygen atoms in total. The van der Waals surface area contributed by atoms with Gasteiger partial charge < -0.3 is 21.6 Å². The van der Waals surface area contributed by atoms with Crippen LogP contribution in [0.2, 0.25) is 0 Å². The number of nitrogens with zero attached hydrogens (tertiary/aromatic N) is 1. The highest BCUT2D eigenvalue weighted by atomic mass is 16.4. The third kappa shape index (κ3) is 8.05. The summed E-state index contributed by atoms with van der Waals surface area (Å²) < 4.78 is 0. The topological polar surface area (TPSA) is 99.7 Å². The van der Waals surface area contributed by atoms with Crippen molar-refractivity contribution < 1.29 is 10.0 Å². The van der Waals surface area contributed by atoms with Crippen LogP contribution in [-0.4, -0.2) is 36.1 Å². The summed E-state index contributed by atoms with van der Waals surface area (Å²) in [7, 11) is 0. The molecule has 0 saturated carbocycles. The van der Waals surface area contributed by atoms with Crippen molar-refractivity contribution in [2.24, 2.45) is 10.9 Å². The number of hydrogen-bond acceptors (Lipinski definition) is 4. The highest BCUT2D eigenvalue weighted by molar-refractivity contribution is 5.80. The fraction of sp³-hybridized carbons (Fsp3) is 0.800. The van der Waals surface area contributed by atoms with E-state index in [1.165, 1.54) is 0 Å². The van der Waals surface area contributed by atoms with Gasteiger partial charge in [-0.15, -0.1) is 0 Å². The molecule has 0 radical (unpaired) electrons. The zero-order valence-corrected chi connectivity index (χ0v) is 9.99. The number of nitrogens with two attached hydrogens (primary N) is 1. The zero-order chi connectivity index (χ0) is 12.4. The molecule has 0 aliphatic heterocycles. The fourth-order valence-electron chi connectivity index (χ4n) is 1.21. The Balaban J connectivity index is 3.54. The minimum absolute atomic E-state index is 0.0466. The molecule has 94 valence electrons. The highest BCUT2D eigenvalue weighted by Crippen LogP contribution is 1.90. The van der Waals surface area contributed by atoms with E-state index in [2.05, 4.69) is 15.8 Å². The van der Waals surface area contributed by atoms with Gasteiger partial charge in [-0.3, -0.25) is 4.79 Å². The number of amides is 1. The van der Waals surface area contributed by atoms with Gasteiger partial charge in [-0.2, -0.15) is 0 Å². The summed E-state index contributed by atoms with van der Waals surface area (Å²) in [5.74, 6) is 0.237. The normalized spacial score (nSPS) is 13.5. The van der Waals surface area contributed by atoms with Crippen LogP contribution < -0.4 is 16.4 Å². The van der Waals surface area contributed by atoms with Gasteiger partial charge in [0.15, 0.2) is 0 Å². The van der Waals surface area contributed by atoms with E-state index in [-0.39, 0.29) is 17.8 Å². The standard InChI is InChI=1S/C10H22N4O2/c1-3-5-13-10(15)4-6-12-8(2)7-9(11)14-16/h8,12,16H,3-7H2,1-2H3,(H2,11,14)(H,13,15). The maximum atomic E-state index is 11.2. The Bertz CT molecular complexity index is 231. The smallest absolute Gasteiger partial charge is 0.221 e. The molecule has 1 unspecified atom stereocenters. The molecule has 0 heterocycles. The number of carbonyl (C=O) groups excluding carboxylic acids is 1. The second kappa shape index (κ2) is 8.96. The van der Waals surface area contributed by atoms with E-state index in [0.717, 1.165) is 13.0 Å². The first kappa shape index (κ1) is 14.7. The molecule has 0 aliphatic rings. The largest absolute Gasteiger partial charge is 0.409 e. The molecule has 0 aliphatic carbocycles. The maximum Gasteiger partial charge on any atom is 0.221 e. The van der Waals surface area contributed by atoms with Gasteiger partial charge in [0.05, 0.1) is 0 Å². The summed E-state index contributed by atoms with van der Waals surface area (Å²) >= 11 is 0. The fourth-order valence-corrected chi connectivity index (χ4v) is 1.21. The van der Waals surface area contributed by atoms with Crippen LogP contribution in [0.4, 0.5) is 0 Å². The molecule has 1 amide bonds. The zero-order valence-electron chi connectivity index (χ0n) is 9.99. The van der Waals surface area contributed by atoms with Gasteiger partial charge in [-0.05, 0) is 13.3 Å². The van der Waals surface area contributed by atoms with Gasteiger partial charge in [-0.25, -0.2) is 0 Å². The lowest BCUT2D eigenvalue weighted by molar-refractivity contribution is -0.121. The Kier molecular flexibility index (Phi) is 8.24. The number of rotatable bonds is 8. The lowest BCUT2D eigenvalue weighted by Gasteiger charge is -2.12. The third-order valence-corrected chi connectivity index (χ3v) is 2.06. The van der Waals surface area contributed by atoms with Gasteiger partial charge in [0.1, 0.15) is 5.84 Å². The van der Waals surface area contributed by atoms with E-state index in [0.29, 0.717) is 19.4 Å². The first-order valence-corrected chi connectivity index (χ1v) is 5.56. The van der Waals surface area contributed by atoms with Crippen LogP contribution in [0.25, 0.3) is 0 Å². The summed E-state index contributed by atoms with van der Waals surface area (Å²) in [6.07, 6.45) is 1.85. The lowest BCUT2D eigenvalue weighted by atomic mass is 10.2. The summed E-state index contributed by atoms with van der Waals surface area (Å²) in [5, 5.41) is 17.2. The summed E-state index contributed by atoms with van der Waals surface area (Å²) in [4.78, 5) is 11.2. The van der Waals surface area contributed by atoms with E-state index in [4.69, 9.17) is 10.9 Å². The van der Waals surface area contributed by atoms with E-state index >= 15 is 0 Å². The van der Waals surface area contributed by atoms with Crippen molar-refractivity contribution in [3.63, 3.8) is 0 Å². The Morgan fingerprint density at radius 3 is 2.75 bits per heavy atom. The van der Waals surface area contributed by atoms with Crippen LogP contribution in [0.5, 0.6) is 0 Å². The average molecular weight is 230 g/mol. The Morgan fingerprint density at radius 2 is 2.19 bits per heavy atom. The molecule has 1 atom stereocenters. The number of nitrogens with one attached hydrogen (secondary N) is 2. The van der Waals surface area contributed by atoms with Crippen LogP contribution in [0, 0.1) is 0 Å². The van der Waals surface area contributed by atoms with Crippen molar-refractivity contribution in [3.8, 4) is 0 Å². The minimum Gasteiger partial charge on any atom is -0.409 e. The molecule has 6 heteroatoms. The Hall–Kier alpha value is -1.30. The predicted octanol–water partition coefficient (Wildman–Crippen LogP) is 0.0173. The first-order chi connectivity index (χ1) is 7.60. The molecule has 0 fully saturated rings. The Morgan fingerprint density at radius 1 is 1.50 bits per heavy atom. The van der Waals surface area contributed by atoms with E-state index < -0.39 is 0 Å². The summed E-state index contributed by atoms with van der Waals surface area (Å²) in [6, 6.07) is 0.0925. The summed E-state index contributed by atoms with van der Waals surface area (Å²) in [5.41, 5.74) is 5.35. The van der Waals surface area contributed by atoms with Crippen molar-refractivity contribution >= 4 is 11.7 Å². The van der Waals surface area contributed by atoms with Crippen LogP contribution in [0.15, 0.2) is 5.16 Å². The Labute approximate surface area is 96.3 Å². The molecule has 0 aromatic heterocycles. The predicted molar refractivity (Wildman–Crippen MR) is 63.4 cm³/mol. The highest BCUT2D eigenvalue weighted by Gasteiger charge is 2.05. The molecule has 0 spiro atoms. The maximum absolute atomic E-state index is 11.2. The average Bonchev–Trinajstić information content (AvgIpc) is 2.26. The SMILES string of the molecule is CCCNC(=O)CCNC(C)CC(N)=NO. The van der Waals surface area contributed by atoms with Crippen molar-refractivity contribution in [2.75, 3.05) is 13.1 Å². The number of oxime groups is 1. The van der Waals surface area contributed by atoms with Gasteiger partial charge in [-0.1, -0.05) is 12.1 Å². The molecule has 16 heavy (non-hydrogen) atoms. The van der Waals surface area contributed by atoms with Crippen molar-refractivity contribution in [2.45, 2.75) is 39.2 Å². The molecular formula is C10H22N4O2. The molecule has 0 bridgehead atoms. The monoisotopic (exact) mass is 230 g/mol. The number of carbonyl (C=O) groups is 1. The van der Waals surface area contributed by atoms with Gasteiger partial charge in [0.2, 0.25) is 5.91 Å². The van der Waals surface area contributed by atoms with Crippen LogP contribution in [-0.2, 0) is 4.79 Å². The van der Waals surface area contributed by atoms with Crippen molar-refractivity contribution in [1.82, 2.24) is 10.6 Å². The van der Waals surface area contributed by atoms with Gasteiger partial charge in [0.25, 0.3) is 0 Å². The van der Waals surface area contributed by atoms with Crippen LogP contribution in [0.1, 0.15) is 33.1 Å². The third-order valence-electron chi connectivity index (χ3n) is 2.06. The molecule has 0 saturated heterocycles. The lowest BCUT2D eigenvalue weighted by Crippen LogP contribution is -2.34. The van der Waals surface area contributed by atoms with Crippen molar-refractivity contribution in [1.29, 1.82) is 0 Å². The second-order valence-corrected chi connectivity index (χ2v) is 3.75. The minimum atomic E-state index is 0.0466. The number of amidine groups is 1. The quantitative estimate of drug-likeness (QED) is 0.204. The summed E-state index contributed by atoms with van der Waals surface area (Å²) in [6.45, 7) is 5.24. The van der Waals surface area contributed by atoms with E-state index in [1.54, 1.807) is 0 Å². The molecular weight excluding hydrogens is 208 g/mol. The van der Waals surface area contributed by atoms with Crippen LogP contribution >= 0.6 is 0 Å². The molecule has 5 N–H and O–H groups in total. The molecule has 0 rings (SSSR count). The number of hydrogen-bond donors (Lipinski definition) is 4. The molecule has 0 aromatic carbocycles. The first-order valence-electron chi connectivity index (χ1n) is 5.56.